The molecule has 8 heteroatoms. The van der Waals surface area contributed by atoms with Crippen molar-refractivity contribution in [3.8, 4) is 0 Å². The van der Waals surface area contributed by atoms with E-state index in [0.717, 1.165) is 5.56 Å². The SMILES string of the molecule is O=C1C[C@@H](c2ccccc2)N(C(=O)Nc2cc(Cl)c(F)c(Cl)c2)CCN1. The fourth-order valence-corrected chi connectivity index (χ4v) is 3.36. The predicted octanol–water partition coefficient (Wildman–Crippen LogP) is 4.23. The average molecular weight is 396 g/mol. The molecule has 0 bridgehead atoms. The van der Waals surface area contributed by atoms with Crippen molar-refractivity contribution >= 4 is 40.8 Å². The van der Waals surface area contributed by atoms with Crippen molar-refractivity contribution in [2.45, 2.75) is 12.5 Å². The molecule has 0 unspecified atom stereocenters. The highest BCUT2D eigenvalue weighted by Gasteiger charge is 2.30. The van der Waals surface area contributed by atoms with Crippen LogP contribution in [0.2, 0.25) is 10.0 Å². The molecule has 0 aliphatic carbocycles. The first-order valence-electron chi connectivity index (χ1n) is 7.99. The van der Waals surface area contributed by atoms with Gasteiger partial charge in [-0.1, -0.05) is 53.5 Å². The van der Waals surface area contributed by atoms with Gasteiger partial charge in [0.1, 0.15) is 0 Å². The second-order valence-corrected chi connectivity index (χ2v) is 6.67. The van der Waals surface area contributed by atoms with E-state index < -0.39 is 17.9 Å². The Kier molecular flexibility index (Phi) is 5.64. The Morgan fingerprint density at radius 1 is 1.19 bits per heavy atom. The summed E-state index contributed by atoms with van der Waals surface area (Å²) < 4.78 is 13.6. The number of carbonyl (C=O) groups excluding carboxylic acids is 2. The molecule has 5 nitrogen and oxygen atoms in total. The zero-order chi connectivity index (χ0) is 18.7. The Balaban J connectivity index is 1.86. The molecular weight excluding hydrogens is 380 g/mol. The second kappa shape index (κ2) is 7.93. The molecule has 0 radical (unpaired) electrons. The molecule has 1 atom stereocenters. The van der Waals surface area contributed by atoms with Crippen molar-refractivity contribution in [1.82, 2.24) is 10.2 Å². The van der Waals surface area contributed by atoms with Crippen LogP contribution in [-0.2, 0) is 4.79 Å². The smallest absolute Gasteiger partial charge is 0.322 e. The number of anilines is 1. The van der Waals surface area contributed by atoms with Gasteiger partial charge in [-0.25, -0.2) is 9.18 Å². The highest BCUT2D eigenvalue weighted by molar-refractivity contribution is 6.35. The lowest BCUT2D eigenvalue weighted by Gasteiger charge is -2.29. The average Bonchev–Trinajstić information content (AvgIpc) is 2.82. The Bertz CT molecular complexity index is 809. The number of nitrogens with one attached hydrogen (secondary N) is 2. The van der Waals surface area contributed by atoms with Crippen LogP contribution in [-0.4, -0.2) is 29.9 Å². The monoisotopic (exact) mass is 395 g/mol. The van der Waals surface area contributed by atoms with Crippen LogP contribution < -0.4 is 10.6 Å². The zero-order valence-electron chi connectivity index (χ0n) is 13.6. The summed E-state index contributed by atoms with van der Waals surface area (Å²) in [5.74, 6) is -0.861. The van der Waals surface area contributed by atoms with Gasteiger partial charge in [-0.3, -0.25) is 4.79 Å². The topological polar surface area (TPSA) is 61.4 Å². The number of nitrogens with zero attached hydrogens (tertiary/aromatic N) is 1. The Morgan fingerprint density at radius 2 is 1.85 bits per heavy atom. The van der Waals surface area contributed by atoms with Crippen LogP contribution in [0.1, 0.15) is 18.0 Å². The molecule has 2 aromatic carbocycles. The molecule has 1 fully saturated rings. The summed E-state index contributed by atoms with van der Waals surface area (Å²) >= 11 is 11.6. The number of carbonyl (C=O) groups is 2. The molecule has 1 aliphatic rings. The summed E-state index contributed by atoms with van der Waals surface area (Å²) in [4.78, 5) is 26.4. The highest BCUT2D eigenvalue weighted by atomic mass is 35.5. The Labute approximate surface area is 160 Å². The quantitative estimate of drug-likeness (QED) is 0.747. The van der Waals surface area contributed by atoms with Crippen LogP contribution in [0.4, 0.5) is 14.9 Å². The van der Waals surface area contributed by atoms with E-state index in [4.69, 9.17) is 23.2 Å². The minimum Gasteiger partial charge on any atom is -0.354 e. The van der Waals surface area contributed by atoms with Crippen LogP contribution in [0, 0.1) is 5.82 Å². The van der Waals surface area contributed by atoms with Gasteiger partial charge in [-0.15, -0.1) is 0 Å². The number of hydrogen-bond acceptors (Lipinski definition) is 2. The standard InChI is InChI=1S/C18H16Cl2FN3O2/c19-13-8-12(9-14(20)17(13)21)23-18(26)24-7-6-22-16(25)10-15(24)11-4-2-1-3-5-11/h1-5,8-9,15H,6-7,10H2,(H,22,25)(H,23,26)/t15-/m0/s1. The molecule has 1 saturated heterocycles. The minimum absolute atomic E-state index is 0.123. The lowest BCUT2D eigenvalue weighted by molar-refractivity contribution is -0.121. The van der Waals surface area contributed by atoms with Crippen molar-refractivity contribution in [1.29, 1.82) is 0 Å². The Morgan fingerprint density at radius 3 is 2.50 bits per heavy atom. The highest BCUT2D eigenvalue weighted by Crippen LogP contribution is 2.29. The number of urea groups is 1. The number of halogens is 3. The van der Waals surface area contributed by atoms with Gasteiger partial charge in [0.2, 0.25) is 5.91 Å². The summed E-state index contributed by atoms with van der Waals surface area (Å²) in [5.41, 5.74) is 1.14. The third-order valence-electron chi connectivity index (χ3n) is 4.11. The van der Waals surface area contributed by atoms with Gasteiger partial charge in [0, 0.05) is 18.8 Å². The van der Waals surface area contributed by atoms with Gasteiger partial charge < -0.3 is 15.5 Å². The van der Waals surface area contributed by atoms with Crippen LogP contribution >= 0.6 is 23.2 Å². The summed E-state index contributed by atoms with van der Waals surface area (Å²) in [6.45, 7) is 0.681. The molecule has 1 aliphatic heterocycles. The first-order chi connectivity index (χ1) is 12.5. The van der Waals surface area contributed by atoms with E-state index in [9.17, 15) is 14.0 Å². The summed E-state index contributed by atoms with van der Waals surface area (Å²) in [6, 6.07) is 11.1. The van der Waals surface area contributed by atoms with Crippen LogP contribution in [0.3, 0.4) is 0 Å². The van der Waals surface area contributed by atoms with Gasteiger partial charge in [0.15, 0.2) is 5.82 Å². The number of amides is 3. The number of rotatable bonds is 2. The zero-order valence-corrected chi connectivity index (χ0v) is 15.1. The van der Waals surface area contributed by atoms with Gasteiger partial charge in [-0.05, 0) is 17.7 Å². The molecule has 0 spiro atoms. The minimum atomic E-state index is -0.738. The number of hydrogen-bond donors (Lipinski definition) is 2. The summed E-state index contributed by atoms with van der Waals surface area (Å²) in [7, 11) is 0. The van der Waals surface area contributed by atoms with E-state index in [0.29, 0.717) is 13.1 Å². The summed E-state index contributed by atoms with van der Waals surface area (Å²) in [6.07, 6.45) is 0.155. The fraction of sp³-hybridized carbons (Fsp3) is 0.222. The van der Waals surface area contributed by atoms with Crippen molar-refractivity contribution in [2.24, 2.45) is 0 Å². The molecule has 3 amide bonds. The van der Waals surface area contributed by atoms with Crippen molar-refractivity contribution in [3.63, 3.8) is 0 Å². The van der Waals surface area contributed by atoms with E-state index >= 15 is 0 Å². The normalized spacial score (nSPS) is 17.4. The maximum absolute atomic E-state index is 13.6. The van der Waals surface area contributed by atoms with Gasteiger partial charge in [0.25, 0.3) is 0 Å². The maximum Gasteiger partial charge on any atom is 0.322 e. The van der Waals surface area contributed by atoms with Gasteiger partial charge >= 0.3 is 6.03 Å². The molecule has 2 N–H and O–H groups in total. The fourth-order valence-electron chi connectivity index (χ4n) is 2.87. The first kappa shape index (κ1) is 18.5. The van der Waals surface area contributed by atoms with E-state index in [1.165, 1.54) is 12.1 Å². The van der Waals surface area contributed by atoms with Gasteiger partial charge in [-0.2, -0.15) is 0 Å². The molecule has 2 aromatic rings. The molecule has 0 saturated carbocycles. The van der Waals surface area contributed by atoms with Crippen LogP contribution in [0.15, 0.2) is 42.5 Å². The van der Waals surface area contributed by atoms with E-state index in [1.807, 2.05) is 30.3 Å². The summed E-state index contributed by atoms with van der Waals surface area (Å²) in [5, 5.41) is 5.08. The third-order valence-corrected chi connectivity index (χ3v) is 4.66. The van der Waals surface area contributed by atoms with Crippen molar-refractivity contribution in [3.05, 3.63) is 63.9 Å². The number of benzene rings is 2. The van der Waals surface area contributed by atoms with Gasteiger partial charge in [0.05, 0.1) is 22.5 Å². The molecule has 136 valence electrons. The molecule has 0 aromatic heterocycles. The predicted molar refractivity (Wildman–Crippen MR) is 99.0 cm³/mol. The lowest BCUT2D eigenvalue weighted by atomic mass is 10.0. The van der Waals surface area contributed by atoms with Crippen molar-refractivity contribution in [2.75, 3.05) is 18.4 Å². The Hall–Kier alpha value is -2.31. The van der Waals surface area contributed by atoms with Crippen molar-refractivity contribution < 1.29 is 14.0 Å². The maximum atomic E-state index is 13.6. The van der Waals surface area contributed by atoms with E-state index in [-0.39, 0.29) is 28.1 Å². The molecule has 3 rings (SSSR count). The second-order valence-electron chi connectivity index (χ2n) is 5.86. The molecule has 26 heavy (non-hydrogen) atoms. The van der Waals surface area contributed by atoms with E-state index in [1.54, 1.807) is 4.90 Å². The molecular formula is C18H16Cl2FN3O2. The third kappa shape index (κ3) is 4.08. The molecule has 1 heterocycles. The largest absolute Gasteiger partial charge is 0.354 e. The van der Waals surface area contributed by atoms with E-state index in [2.05, 4.69) is 10.6 Å². The lowest BCUT2D eigenvalue weighted by Crippen LogP contribution is -2.39. The van der Waals surface area contributed by atoms with Crippen LogP contribution in [0.5, 0.6) is 0 Å². The van der Waals surface area contributed by atoms with Crippen LogP contribution in [0.25, 0.3) is 0 Å². The first-order valence-corrected chi connectivity index (χ1v) is 8.75.